The van der Waals surface area contributed by atoms with E-state index in [9.17, 15) is 9.59 Å². The van der Waals surface area contributed by atoms with Gasteiger partial charge in [-0.25, -0.2) is 0 Å². The Morgan fingerprint density at radius 3 is 1.67 bits per heavy atom. The minimum absolute atomic E-state index is 0. The van der Waals surface area contributed by atoms with Gasteiger partial charge >= 0.3 is 0 Å². The van der Waals surface area contributed by atoms with E-state index in [0.29, 0.717) is 29.7 Å². The number of nitrogens with two attached hydrogens (primary N) is 1. The second-order valence-corrected chi connectivity index (χ2v) is 9.18. The predicted molar refractivity (Wildman–Crippen MR) is 109 cm³/mol. The van der Waals surface area contributed by atoms with Crippen molar-refractivity contribution in [3.05, 3.63) is 0 Å². The molecule has 0 aromatic heterocycles. The molecule has 3 saturated carbocycles. The molecule has 1 heterocycles. The van der Waals surface area contributed by atoms with Gasteiger partial charge in [-0.05, 0) is 50.4 Å². The van der Waals surface area contributed by atoms with Crippen LogP contribution in [0.25, 0.3) is 0 Å². The van der Waals surface area contributed by atoms with Crippen LogP contribution >= 0.6 is 12.4 Å². The summed E-state index contributed by atoms with van der Waals surface area (Å²) in [5.74, 6) is 2.18. The summed E-state index contributed by atoms with van der Waals surface area (Å²) in [6.45, 7) is 2.88. The average Bonchev–Trinajstić information content (AvgIpc) is 2.67. The van der Waals surface area contributed by atoms with Gasteiger partial charge in [-0.15, -0.1) is 12.4 Å². The number of piperazine rings is 1. The van der Waals surface area contributed by atoms with E-state index in [1.54, 1.807) is 0 Å². The highest BCUT2D eigenvalue weighted by atomic mass is 35.5. The molecule has 2 unspecified atom stereocenters. The molecule has 5 nitrogen and oxygen atoms in total. The van der Waals surface area contributed by atoms with Gasteiger partial charge in [0.05, 0.1) is 0 Å². The Kier molecular flexibility index (Phi) is 7.07. The summed E-state index contributed by atoms with van der Waals surface area (Å²) in [4.78, 5) is 29.8. The molecule has 4 rings (SSSR count). The van der Waals surface area contributed by atoms with Crippen LogP contribution in [0.15, 0.2) is 0 Å². The van der Waals surface area contributed by atoms with E-state index >= 15 is 0 Å². The molecule has 27 heavy (non-hydrogen) atoms. The Balaban J connectivity index is 0.00000210. The van der Waals surface area contributed by atoms with E-state index < -0.39 is 0 Å². The molecule has 0 aromatic rings. The highest BCUT2D eigenvalue weighted by Gasteiger charge is 2.42. The molecule has 0 spiro atoms. The molecule has 1 aliphatic heterocycles. The monoisotopic (exact) mass is 397 g/mol. The van der Waals surface area contributed by atoms with Gasteiger partial charge in [0.2, 0.25) is 11.8 Å². The van der Waals surface area contributed by atoms with Gasteiger partial charge in [0.25, 0.3) is 0 Å². The second-order valence-electron chi connectivity index (χ2n) is 9.18. The van der Waals surface area contributed by atoms with E-state index in [1.807, 2.05) is 9.80 Å². The first kappa shape index (κ1) is 20.9. The Labute approximate surface area is 169 Å². The molecule has 4 aliphatic rings. The number of carbonyl (C=O) groups excluding carboxylic acids is 2. The summed E-state index contributed by atoms with van der Waals surface area (Å²) in [6.07, 6.45) is 11.4. The number of nitrogens with zero attached hydrogens (tertiary/aromatic N) is 2. The lowest BCUT2D eigenvalue weighted by atomic mass is 9.65. The summed E-state index contributed by atoms with van der Waals surface area (Å²) >= 11 is 0. The third-order valence-electron chi connectivity index (χ3n) is 7.62. The number of fused-ring (bicyclic) bond motifs is 2. The topological polar surface area (TPSA) is 66.6 Å². The van der Waals surface area contributed by atoms with Crippen LogP contribution in [-0.4, -0.2) is 53.8 Å². The molecule has 154 valence electrons. The number of carbonyl (C=O) groups is 2. The fourth-order valence-corrected chi connectivity index (χ4v) is 6.00. The number of halogens is 1. The molecule has 2 bridgehead atoms. The van der Waals surface area contributed by atoms with Crippen molar-refractivity contribution < 1.29 is 9.59 Å². The molecule has 2 N–H and O–H groups in total. The highest BCUT2D eigenvalue weighted by Crippen LogP contribution is 2.42. The van der Waals surface area contributed by atoms with Crippen molar-refractivity contribution in [2.75, 3.05) is 26.2 Å². The fraction of sp³-hybridized carbons (Fsp3) is 0.905. The van der Waals surface area contributed by atoms with Crippen LogP contribution in [0.5, 0.6) is 0 Å². The summed E-state index contributed by atoms with van der Waals surface area (Å²) in [5, 5.41) is 0. The van der Waals surface area contributed by atoms with Crippen LogP contribution in [0.1, 0.15) is 64.2 Å². The summed E-state index contributed by atoms with van der Waals surface area (Å²) in [6, 6.07) is 0.317. The lowest BCUT2D eigenvalue weighted by Crippen LogP contribution is -2.55. The largest absolute Gasteiger partial charge is 0.339 e. The normalized spacial score (nSPS) is 34.7. The standard InChI is InChI=1S/C21H35N3O2.ClH/c22-19-16-7-4-8-17(19)14-18(13-16)21(26)24-11-9-23(10-12-24)20(25)15-5-2-1-3-6-15;/h15-19H,1-14,22H2;1H. The lowest BCUT2D eigenvalue weighted by Gasteiger charge is -2.45. The first-order valence-corrected chi connectivity index (χ1v) is 11.0. The fourth-order valence-electron chi connectivity index (χ4n) is 6.00. The Morgan fingerprint density at radius 1 is 0.667 bits per heavy atom. The van der Waals surface area contributed by atoms with Crippen molar-refractivity contribution in [1.29, 1.82) is 0 Å². The number of hydrogen-bond donors (Lipinski definition) is 1. The van der Waals surface area contributed by atoms with E-state index in [-0.39, 0.29) is 24.2 Å². The SMILES string of the molecule is Cl.NC1C2CCCC1CC(C(=O)N1CCN(C(=O)C3CCCCC3)CC1)C2. The molecule has 4 fully saturated rings. The van der Waals surface area contributed by atoms with Gasteiger partial charge in [-0.2, -0.15) is 0 Å². The van der Waals surface area contributed by atoms with Crippen LogP contribution in [-0.2, 0) is 9.59 Å². The van der Waals surface area contributed by atoms with Crippen LogP contribution in [0.2, 0.25) is 0 Å². The quantitative estimate of drug-likeness (QED) is 0.779. The van der Waals surface area contributed by atoms with Crippen molar-refractivity contribution in [2.45, 2.75) is 70.3 Å². The van der Waals surface area contributed by atoms with E-state index in [1.165, 1.54) is 38.5 Å². The Bertz CT molecular complexity index is 516. The average molecular weight is 398 g/mol. The van der Waals surface area contributed by atoms with Crippen molar-refractivity contribution in [1.82, 2.24) is 9.80 Å². The van der Waals surface area contributed by atoms with Crippen molar-refractivity contribution in [2.24, 2.45) is 29.4 Å². The zero-order chi connectivity index (χ0) is 18.1. The predicted octanol–water partition coefficient (Wildman–Crippen LogP) is 2.81. The molecule has 2 amide bonds. The van der Waals surface area contributed by atoms with E-state index in [4.69, 9.17) is 5.73 Å². The number of hydrogen-bond acceptors (Lipinski definition) is 3. The van der Waals surface area contributed by atoms with Gasteiger partial charge < -0.3 is 15.5 Å². The van der Waals surface area contributed by atoms with E-state index in [0.717, 1.165) is 51.9 Å². The van der Waals surface area contributed by atoms with Gasteiger partial charge in [-0.3, -0.25) is 9.59 Å². The van der Waals surface area contributed by atoms with Crippen LogP contribution in [0.4, 0.5) is 0 Å². The highest BCUT2D eigenvalue weighted by molar-refractivity contribution is 5.85. The maximum atomic E-state index is 13.1. The number of amides is 2. The smallest absolute Gasteiger partial charge is 0.225 e. The molecule has 1 saturated heterocycles. The first-order valence-electron chi connectivity index (χ1n) is 11.0. The molecule has 0 aromatic carbocycles. The van der Waals surface area contributed by atoms with Crippen LogP contribution in [0, 0.1) is 23.7 Å². The molecular weight excluding hydrogens is 362 g/mol. The molecular formula is C21H36ClN3O2. The van der Waals surface area contributed by atoms with Gasteiger partial charge in [0, 0.05) is 44.1 Å². The van der Waals surface area contributed by atoms with Crippen molar-refractivity contribution in [3.8, 4) is 0 Å². The van der Waals surface area contributed by atoms with Crippen LogP contribution < -0.4 is 5.73 Å². The first-order chi connectivity index (χ1) is 12.6. The minimum Gasteiger partial charge on any atom is -0.339 e. The second kappa shape index (κ2) is 9.13. The Morgan fingerprint density at radius 2 is 1.15 bits per heavy atom. The van der Waals surface area contributed by atoms with Gasteiger partial charge in [0.1, 0.15) is 0 Å². The number of rotatable bonds is 2. The van der Waals surface area contributed by atoms with Gasteiger partial charge in [-0.1, -0.05) is 25.7 Å². The molecule has 0 radical (unpaired) electrons. The summed E-state index contributed by atoms with van der Waals surface area (Å²) in [7, 11) is 0. The van der Waals surface area contributed by atoms with Crippen molar-refractivity contribution in [3.63, 3.8) is 0 Å². The third kappa shape index (κ3) is 4.45. The zero-order valence-electron chi connectivity index (χ0n) is 16.5. The maximum Gasteiger partial charge on any atom is 0.225 e. The van der Waals surface area contributed by atoms with Gasteiger partial charge in [0.15, 0.2) is 0 Å². The zero-order valence-corrected chi connectivity index (χ0v) is 17.3. The van der Waals surface area contributed by atoms with E-state index in [2.05, 4.69) is 0 Å². The minimum atomic E-state index is 0. The molecule has 2 atom stereocenters. The summed E-state index contributed by atoms with van der Waals surface area (Å²) < 4.78 is 0. The Hall–Kier alpha value is -0.810. The van der Waals surface area contributed by atoms with Crippen LogP contribution in [0.3, 0.4) is 0 Å². The summed E-state index contributed by atoms with van der Waals surface area (Å²) in [5.41, 5.74) is 6.38. The molecule has 3 aliphatic carbocycles. The van der Waals surface area contributed by atoms with Crippen molar-refractivity contribution >= 4 is 24.2 Å². The maximum absolute atomic E-state index is 13.1. The third-order valence-corrected chi connectivity index (χ3v) is 7.62. The lowest BCUT2D eigenvalue weighted by molar-refractivity contribution is -0.146. The molecule has 6 heteroatoms.